The van der Waals surface area contributed by atoms with Crippen LogP contribution in [0.5, 0.6) is 11.5 Å². The minimum atomic E-state index is -3.34. The third-order valence-corrected chi connectivity index (χ3v) is 9.60. The molecular weight excluding hydrogens is 620 g/mol. The summed E-state index contributed by atoms with van der Waals surface area (Å²) < 4.78 is 36.6. The van der Waals surface area contributed by atoms with Gasteiger partial charge in [0, 0.05) is 45.1 Å². The molecule has 248 valence electrons. The fourth-order valence-corrected chi connectivity index (χ4v) is 7.04. The molecule has 0 bridgehead atoms. The average molecular weight is 665 g/mol. The zero-order valence-corrected chi connectivity index (χ0v) is 27.6. The molecule has 0 saturated carbocycles. The number of aliphatic hydroxyl groups is 1. The number of carbonyl (C=O) groups excluding carboxylic acids is 2. The van der Waals surface area contributed by atoms with Crippen LogP contribution in [-0.4, -0.2) is 91.9 Å². The normalized spacial score (nSPS) is 21.6. The summed E-state index contributed by atoms with van der Waals surface area (Å²) in [5.41, 5.74) is 0.681. The summed E-state index contributed by atoms with van der Waals surface area (Å²) in [6.07, 6.45) is 4.35. The van der Waals surface area contributed by atoms with E-state index in [0.29, 0.717) is 82.3 Å². The lowest BCUT2D eigenvalue weighted by Gasteiger charge is -2.52. The van der Waals surface area contributed by atoms with Crippen molar-refractivity contribution in [2.45, 2.75) is 69.7 Å². The Balaban J connectivity index is 0.00000461. The van der Waals surface area contributed by atoms with E-state index in [1.807, 2.05) is 24.3 Å². The van der Waals surface area contributed by atoms with Crippen molar-refractivity contribution >= 4 is 39.9 Å². The molecule has 3 N–H and O–H groups in total. The van der Waals surface area contributed by atoms with E-state index < -0.39 is 27.7 Å². The highest BCUT2D eigenvalue weighted by Gasteiger charge is 2.55. The maximum Gasteiger partial charge on any atom is 0.248 e. The second-order valence-electron chi connectivity index (χ2n) is 12.2. The van der Waals surface area contributed by atoms with Crippen LogP contribution in [0.15, 0.2) is 48.5 Å². The number of sulfonamides is 1. The molecule has 0 unspecified atom stereocenters. The van der Waals surface area contributed by atoms with Gasteiger partial charge < -0.3 is 24.8 Å². The number of hydrogen-bond donors (Lipinski definition) is 3. The van der Waals surface area contributed by atoms with Crippen LogP contribution in [-0.2, 0) is 30.9 Å². The molecule has 2 amide bonds. The van der Waals surface area contributed by atoms with Gasteiger partial charge in [0.2, 0.25) is 21.8 Å². The summed E-state index contributed by atoms with van der Waals surface area (Å²) in [4.78, 5) is 31.6. The zero-order valence-electron chi connectivity index (χ0n) is 25.9. The summed E-state index contributed by atoms with van der Waals surface area (Å²) in [6.45, 7) is 5.75. The van der Waals surface area contributed by atoms with E-state index in [1.54, 1.807) is 29.2 Å². The minimum Gasteiger partial charge on any atom is -0.457 e. The van der Waals surface area contributed by atoms with Gasteiger partial charge in [0.25, 0.3) is 0 Å². The molecular formula is C32H45ClN4O7S. The van der Waals surface area contributed by atoms with Crippen LogP contribution in [0, 0.1) is 5.92 Å². The predicted molar refractivity (Wildman–Crippen MR) is 174 cm³/mol. The number of unbranched alkanes of at least 4 members (excludes halogenated alkanes) is 1. The Kier molecular flexibility index (Phi) is 11.8. The van der Waals surface area contributed by atoms with E-state index in [0.717, 1.165) is 24.7 Å². The van der Waals surface area contributed by atoms with Crippen LogP contribution in [0.1, 0.15) is 51.0 Å². The first-order chi connectivity index (χ1) is 21.1. The molecule has 1 spiro atoms. The van der Waals surface area contributed by atoms with Gasteiger partial charge in [-0.3, -0.25) is 19.2 Å². The number of likely N-dealkylation sites (tertiary alicyclic amines) is 1. The van der Waals surface area contributed by atoms with Crippen LogP contribution < -0.4 is 14.8 Å². The van der Waals surface area contributed by atoms with Crippen LogP contribution in [0.3, 0.4) is 0 Å². The number of halogens is 1. The van der Waals surface area contributed by atoms with Gasteiger partial charge in [0.15, 0.2) is 0 Å². The number of nitrogens with zero attached hydrogens (tertiary/aromatic N) is 2. The molecule has 2 aromatic rings. The Morgan fingerprint density at radius 2 is 1.64 bits per heavy atom. The molecule has 3 heterocycles. The number of anilines is 1. The number of hydrogen-bond acceptors (Lipinski definition) is 8. The zero-order chi connectivity index (χ0) is 31.3. The van der Waals surface area contributed by atoms with E-state index in [1.165, 1.54) is 0 Å². The summed E-state index contributed by atoms with van der Waals surface area (Å²) in [5.74, 6) is 0.877. The number of carbonyl (C=O) groups is 2. The number of rotatable bonds is 11. The minimum absolute atomic E-state index is 0. The standard InChI is InChI=1S/C32H44N4O7S.ClH/c1-3-4-17-36-30(38)28(29(37)24-13-20-42-21-14-24)33-31(39)32(36)15-18-35(19-16-32)22-23-5-9-26(10-6-23)43-27-11-7-25(8-12-27)34-44(2,40)41;/h5-12,24,28-29,34,37H,3-4,13-22H2,1-2H3,(H,33,39);1H/t28-,29-;/m1./s1. The highest BCUT2D eigenvalue weighted by Crippen LogP contribution is 2.36. The SMILES string of the molecule is CCCCN1C(=O)[C@@H]([C@H](O)C2CCOCC2)NC(=O)C12CCN(Cc1ccc(Oc3ccc(NS(C)(=O)=O)cc3)cc1)CC2.Cl. The second-order valence-corrected chi connectivity index (χ2v) is 13.9. The molecule has 3 saturated heterocycles. The lowest BCUT2D eigenvalue weighted by molar-refractivity contribution is -0.166. The van der Waals surface area contributed by atoms with Gasteiger partial charge in [-0.1, -0.05) is 25.5 Å². The van der Waals surface area contributed by atoms with Crippen molar-refractivity contribution in [2.75, 3.05) is 43.8 Å². The Hall–Kier alpha value is -2.90. The van der Waals surface area contributed by atoms with Crippen molar-refractivity contribution in [2.24, 2.45) is 5.92 Å². The first kappa shape index (κ1) is 35.0. The summed E-state index contributed by atoms with van der Waals surface area (Å²) in [7, 11) is -3.34. The molecule has 2 aromatic carbocycles. The van der Waals surface area contributed by atoms with Gasteiger partial charge >= 0.3 is 0 Å². The number of benzene rings is 2. The van der Waals surface area contributed by atoms with Gasteiger partial charge in [-0.15, -0.1) is 12.4 Å². The Bertz CT molecular complexity index is 1390. The molecule has 0 aliphatic carbocycles. The largest absolute Gasteiger partial charge is 0.457 e. The molecule has 0 radical (unpaired) electrons. The molecule has 3 fully saturated rings. The Morgan fingerprint density at radius 3 is 2.22 bits per heavy atom. The average Bonchev–Trinajstić information content (AvgIpc) is 3.01. The molecule has 5 rings (SSSR count). The second kappa shape index (κ2) is 15.1. The number of ether oxygens (including phenoxy) is 2. The summed E-state index contributed by atoms with van der Waals surface area (Å²) in [5, 5.41) is 14.1. The van der Waals surface area contributed by atoms with E-state index in [4.69, 9.17) is 9.47 Å². The Labute approximate surface area is 272 Å². The van der Waals surface area contributed by atoms with Crippen molar-refractivity contribution in [3.8, 4) is 11.5 Å². The van der Waals surface area contributed by atoms with Crippen molar-refractivity contribution in [3.63, 3.8) is 0 Å². The van der Waals surface area contributed by atoms with Crippen LogP contribution in [0.25, 0.3) is 0 Å². The van der Waals surface area contributed by atoms with E-state index in [2.05, 4.69) is 21.9 Å². The highest BCUT2D eigenvalue weighted by atomic mass is 35.5. The molecule has 2 atom stereocenters. The fourth-order valence-electron chi connectivity index (χ4n) is 6.48. The monoisotopic (exact) mass is 664 g/mol. The smallest absolute Gasteiger partial charge is 0.248 e. The van der Waals surface area contributed by atoms with Crippen molar-refractivity contribution in [3.05, 3.63) is 54.1 Å². The molecule has 11 nitrogen and oxygen atoms in total. The van der Waals surface area contributed by atoms with E-state index in [-0.39, 0.29) is 30.1 Å². The molecule has 3 aliphatic rings. The van der Waals surface area contributed by atoms with Crippen molar-refractivity contribution in [1.82, 2.24) is 15.1 Å². The number of piperidine rings is 1. The third-order valence-electron chi connectivity index (χ3n) is 8.99. The lowest BCUT2D eigenvalue weighted by atomic mass is 9.79. The fraction of sp³-hybridized carbons (Fsp3) is 0.562. The van der Waals surface area contributed by atoms with Crippen LogP contribution in [0.2, 0.25) is 0 Å². The molecule has 0 aromatic heterocycles. The van der Waals surface area contributed by atoms with E-state index in [9.17, 15) is 23.1 Å². The predicted octanol–water partition coefficient (Wildman–Crippen LogP) is 3.52. The van der Waals surface area contributed by atoms with Crippen molar-refractivity contribution in [1.29, 1.82) is 0 Å². The van der Waals surface area contributed by atoms with Crippen LogP contribution in [0.4, 0.5) is 5.69 Å². The highest BCUT2D eigenvalue weighted by molar-refractivity contribution is 7.92. The quantitative estimate of drug-likeness (QED) is 0.332. The number of amides is 2. The molecule has 13 heteroatoms. The molecule has 3 aliphatic heterocycles. The third kappa shape index (κ3) is 8.48. The topological polar surface area (TPSA) is 138 Å². The van der Waals surface area contributed by atoms with Gasteiger partial charge in [-0.25, -0.2) is 8.42 Å². The summed E-state index contributed by atoms with van der Waals surface area (Å²) in [6, 6.07) is 13.6. The first-order valence-electron chi connectivity index (χ1n) is 15.5. The van der Waals surface area contributed by atoms with Gasteiger partial charge in [-0.2, -0.15) is 0 Å². The Morgan fingerprint density at radius 1 is 1.04 bits per heavy atom. The lowest BCUT2D eigenvalue weighted by Crippen LogP contribution is -2.75. The van der Waals surface area contributed by atoms with Crippen molar-refractivity contribution < 1.29 is 32.6 Å². The van der Waals surface area contributed by atoms with Gasteiger partial charge in [-0.05, 0) is 80.0 Å². The summed E-state index contributed by atoms with van der Waals surface area (Å²) >= 11 is 0. The number of aliphatic hydroxyl groups excluding tert-OH is 1. The maximum absolute atomic E-state index is 13.8. The maximum atomic E-state index is 13.8. The van der Waals surface area contributed by atoms with Gasteiger partial charge in [0.1, 0.15) is 23.1 Å². The van der Waals surface area contributed by atoms with Gasteiger partial charge in [0.05, 0.1) is 12.4 Å². The number of piperazine rings is 1. The first-order valence-corrected chi connectivity index (χ1v) is 17.4. The van der Waals surface area contributed by atoms with E-state index >= 15 is 0 Å². The number of nitrogens with one attached hydrogen (secondary N) is 2. The molecule has 45 heavy (non-hydrogen) atoms. The van der Waals surface area contributed by atoms with Crippen LogP contribution >= 0.6 is 12.4 Å².